The molecule has 0 aliphatic heterocycles. The highest BCUT2D eigenvalue weighted by molar-refractivity contribution is 5.33. The molecule has 0 aliphatic carbocycles. The highest BCUT2D eigenvalue weighted by Crippen LogP contribution is 2.20. The van der Waals surface area contributed by atoms with Gasteiger partial charge in [-0.1, -0.05) is 18.2 Å². The summed E-state index contributed by atoms with van der Waals surface area (Å²) in [6, 6.07) is 7.24. The maximum atomic E-state index is 11.9. The second kappa shape index (κ2) is 8.08. The topological polar surface area (TPSA) is 56.5 Å². The quantitative estimate of drug-likeness (QED) is 0.437. The van der Waals surface area contributed by atoms with Crippen LogP contribution < -0.4 is 16.0 Å². The molecule has 0 spiro atoms. The van der Waals surface area contributed by atoms with E-state index >= 15 is 0 Å². The molecule has 0 amide bonds. The van der Waals surface area contributed by atoms with Crippen molar-refractivity contribution < 1.29 is 22.6 Å². The van der Waals surface area contributed by atoms with E-state index in [0.29, 0.717) is 12.8 Å². The van der Waals surface area contributed by atoms with Crippen LogP contribution in [0, 0.1) is 0 Å². The highest BCUT2D eigenvalue weighted by atomic mass is 19.4. The summed E-state index contributed by atoms with van der Waals surface area (Å²) >= 11 is 0. The minimum atomic E-state index is -4.30. The maximum absolute atomic E-state index is 11.9. The third kappa shape index (κ3) is 6.23. The lowest BCUT2D eigenvalue weighted by atomic mass is 10.0. The number of halogens is 3. The summed E-state index contributed by atoms with van der Waals surface area (Å²) in [5.41, 5.74) is 3.52. The van der Waals surface area contributed by atoms with Crippen molar-refractivity contribution in [3.63, 3.8) is 0 Å². The number of rotatable bonds is 8. The van der Waals surface area contributed by atoms with Crippen molar-refractivity contribution in [1.29, 1.82) is 0 Å². The van der Waals surface area contributed by atoms with Crippen LogP contribution >= 0.6 is 0 Å². The van der Waals surface area contributed by atoms with Gasteiger partial charge in [-0.15, -0.1) is 0 Å². The molecule has 4 nitrogen and oxygen atoms in total. The van der Waals surface area contributed by atoms with Crippen LogP contribution in [-0.2, 0) is 11.2 Å². The molecule has 114 valence electrons. The Bertz CT molecular complexity index is 399. The minimum Gasteiger partial charge on any atom is -0.496 e. The van der Waals surface area contributed by atoms with Crippen molar-refractivity contribution in [3.05, 3.63) is 29.8 Å². The summed E-state index contributed by atoms with van der Waals surface area (Å²) in [5.74, 6) is 6.14. The van der Waals surface area contributed by atoms with Crippen LogP contribution in [0.1, 0.15) is 12.0 Å². The van der Waals surface area contributed by atoms with Crippen molar-refractivity contribution in [1.82, 2.24) is 5.43 Å². The lowest BCUT2D eigenvalue weighted by molar-refractivity contribution is -0.174. The van der Waals surface area contributed by atoms with Gasteiger partial charge in [0.25, 0.3) is 0 Å². The predicted molar refractivity (Wildman–Crippen MR) is 69.3 cm³/mol. The van der Waals surface area contributed by atoms with Gasteiger partial charge in [-0.25, -0.2) is 0 Å². The van der Waals surface area contributed by atoms with E-state index in [4.69, 9.17) is 10.6 Å². The van der Waals surface area contributed by atoms with E-state index in [9.17, 15) is 13.2 Å². The van der Waals surface area contributed by atoms with E-state index in [0.717, 1.165) is 11.3 Å². The zero-order chi connectivity index (χ0) is 15.0. The van der Waals surface area contributed by atoms with Gasteiger partial charge < -0.3 is 9.47 Å². The van der Waals surface area contributed by atoms with E-state index in [1.165, 1.54) is 0 Å². The van der Waals surface area contributed by atoms with Gasteiger partial charge in [0.1, 0.15) is 12.4 Å². The summed E-state index contributed by atoms with van der Waals surface area (Å²) in [5, 5.41) is 0. The number of methoxy groups -OCH3 is 1. The van der Waals surface area contributed by atoms with Crippen LogP contribution in [0.4, 0.5) is 13.2 Å². The molecule has 0 bridgehead atoms. The molecule has 0 fully saturated rings. The maximum Gasteiger partial charge on any atom is 0.411 e. The van der Waals surface area contributed by atoms with E-state index in [1.807, 2.05) is 24.3 Å². The summed E-state index contributed by atoms with van der Waals surface area (Å²) < 4.78 is 45.6. The standard InChI is InChI=1S/C13H19F3N2O2/c1-19-12-5-3-2-4-10(12)8-11(18-17)6-7-20-9-13(14,15)16/h2-5,11,18H,6-9,17H2,1H3. The lowest BCUT2D eigenvalue weighted by Crippen LogP contribution is -2.38. The zero-order valence-electron chi connectivity index (χ0n) is 11.2. The SMILES string of the molecule is COc1ccccc1CC(CCOCC(F)(F)F)NN. The number of hydrogen-bond acceptors (Lipinski definition) is 4. The van der Waals surface area contributed by atoms with E-state index in [1.54, 1.807) is 7.11 Å². The molecule has 1 atom stereocenters. The molecule has 7 heteroatoms. The number of benzene rings is 1. The molecule has 1 aromatic rings. The van der Waals surface area contributed by atoms with Crippen molar-refractivity contribution in [2.24, 2.45) is 5.84 Å². The van der Waals surface area contributed by atoms with E-state index in [2.05, 4.69) is 10.2 Å². The van der Waals surface area contributed by atoms with Gasteiger partial charge in [0.15, 0.2) is 0 Å². The molecule has 0 heterocycles. The molecule has 0 aromatic heterocycles. The number of nitrogens with one attached hydrogen (secondary N) is 1. The van der Waals surface area contributed by atoms with Crippen LogP contribution in [-0.4, -0.2) is 32.5 Å². The molecular formula is C13H19F3N2O2. The summed E-state index contributed by atoms with van der Waals surface area (Å²) in [7, 11) is 1.57. The summed E-state index contributed by atoms with van der Waals surface area (Å²) in [6.07, 6.45) is -3.37. The lowest BCUT2D eigenvalue weighted by Gasteiger charge is -2.18. The molecule has 1 aromatic carbocycles. The Morgan fingerprint density at radius 1 is 1.30 bits per heavy atom. The fourth-order valence-corrected chi connectivity index (χ4v) is 1.79. The largest absolute Gasteiger partial charge is 0.496 e. The Morgan fingerprint density at radius 3 is 2.60 bits per heavy atom. The molecule has 0 aliphatic rings. The van der Waals surface area contributed by atoms with Gasteiger partial charge >= 0.3 is 6.18 Å². The summed E-state index contributed by atoms with van der Waals surface area (Å²) in [4.78, 5) is 0. The second-order valence-electron chi connectivity index (χ2n) is 4.34. The van der Waals surface area contributed by atoms with Gasteiger partial charge in [0, 0.05) is 12.6 Å². The van der Waals surface area contributed by atoms with Crippen molar-refractivity contribution in [2.45, 2.75) is 25.1 Å². The number of ether oxygens (including phenoxy) is 2. The Hall–Kier alpha value is -1.31. The fraction of sp³-hybridized carbons (Fsp3) is 0.538. The van der Waals surface area contributed by atoms with Gasteiger partial charge in [0.05, 0.1) is 7.11 Å². The smallest absolute Gasteiger partial charge is 0.411 e. The average Bonchev–Trinajstić information content (AvgIpc) is 2.41. The van der Waals surface area contributed by atoms with Crippen molar-refractivity contribution in [3.8, 4) is 5.75 Å². The second-order valence-corrected chi connectivity index (χ2v) is 4.34. The summed E-state index contributed by atoms with van der Waals surface area (Å²) in [6.45, 7) is -1.25. The van der Waals surface area contributed by atoms with Crippen LogP contribution in [0.25, 0.3) is 0 Å². The third-order valence-corrected chi connectivity index (χ3v) is 2.77. The Kier molecular flexibility index (Phi) is 6.77. The Labute approximate surface area is 116 Å². The first-order valence-corrected chi connectivity index (χ1v) is 6.18. The van der Waals surface area contributed by atoms with Crippen molar-refractivity contribution >= 4 is 0 Å². The predicted octanol–water partition coefficient (Wildman–Crippen LogP) is 2.04. The minimum absolute atomic E-state index is 0.0104. The number of nitrogens with two attached hydrogens (primary N) is 1. The first-order chi connectivity index (χ1) is 9.46. The molecule has 0 saturated carbocycles. The van der Waals surface area contributed by atoms with Crippen molar-refractivity contribution in [2.75, 3.05) is 20.3 Å². The van der Waals surface area contributed by atoms with Gasteiger partial charge in [-0.05, 0) is 24.5 Å². The van der Waals surface area contributed by atoms with E-state index in [-0.39, 0.29) is 12.6 Å². The fourth-order valence-electron chi connectivity index (χ4n) is 1.79. The first-order valence-electron chi connectivity index (χ1n) is 6.18. The third-order valence-electron chi connectivity index (χ3n) is 2.77. The van der Waals surface area contributed by atoms with Crippen LogP contribution in [0.5, 0.6) is 5.75 Å². The number of para-hydroxylation sites is 1. The molecule has 0 radical (unpaired) electrons. The molecule has 20 heavy (non-hydrogen) atoms. The number of hydrogen-bond donors (Lipinski definition) is 2. The normalized spacial score (nSPS) is 13.2. The van der Waals surface area contributed by atoms with Gasteiger partial charge in [0.2, 0.25) is 0 Å². The zero-order valence-corrected chi connectivity index (χ0v) is 11.2. The van der Waals surface area contributed by atoms with Crippen LogP contribution in [0.3, 0.4) is 0 Å². The highest BCUT2D eigenvalue weighted by Gasteiger charge is 2.27. The average molecular weight is 292 g/mol. The molecule has 3 N–H and O–H groups in total. The molecular weight excluding hydrogens is 273 g/mol. The number of alkyl halides is 3. The molecule has 0 saturated heterocycles. The monoisotopic (exact) mass is 292 g/mol. The first kappa shape index (κ1) is 16.7. The molecule has 1 rings (SSSR count). The van der Waals surface area contributed by atoms with Crippen LogP contribution in [0.15, 0.2) is 24.3 Å². The van der Waals surface area contributed by atoms with Gasteiger partial charge in [-0.3, -0.25) is 11.3 Å². The van der Waals surface area contributed by atoms with Crippen LogP contribution in [0.2, 0.25) is 0 Å². The van der Waals surface area contributed by atoms with Gasteiger partial charge in [-0.2, -0.15) is 13.2 Å². The Morgan fingerprint density at radius 2 is 2.00 bits per heavy atom. The Balaban J connectivity index is 2.43. The molecule has 1 unspecified atom stereocenters. The number of hydrazine groups is 1. The van der Waals surface area contributed by atoms with E-state index < -0.39 is 12.8 Å².